The maximum atomic E-state index is 12.1. The average molecular weight is 284 g/mol. The number of anilines is 1. The van der Waals surface area contributed by atoms with Crippen molar-refractivity contribution in [1.29, 1.82) is 5.26 Å². The van der Waals surface area contributed by atoms with E-state index >= 15 is 0 Å². The molecule has 0 amide bonds. The number of carbonyl (C=O) groups is 1. The van der Waals surface area contributed by atoms with Crippen molar-refractivity contribution < 1.29 is 9.53 Å². The van der Waals surface area contributed by atoms with Crippen LogP contribution < -0.4 is 9.64 Å². The summed E-state index contributed by atoms with van der Waals surface area (Å²) in [5.41, 5.74) is 2.48. The van der Waals surface area contributed by atoms with Crippen LogP contribution in [0.1, 0.15) is 36.7 Å². The van der Waals surface area contributed by atoms with Gasteiger partial charge in [-0.25, -0.2) is 0 Å². The molecule has 5 heteroatoms. The van der Waals surface area contributed by atoms with Crippen molar-refractivity contribution in [2.24, 2.45) is 0 Å². The summed E-state index contributed by atoms with van der Waals surface area (Å²) in [5, 5.41) is 9.00. The monoisotopic (exact) mass is 284 g/mol. The summed E-state index contributed by atoms with van der Waals surface area (Å²) in [5.74, 6) is 0.933. The van der Waals surface area contributed by atoms with Gasteiger partial charge in [0.25, 0.3) is 0 Å². The lowest BCUT2D eigenvalue weighted by Crippen LogP contribution is -2.34. The van der Waals surface area contributed by atoms with Gasteiger partial charge < -0.3 is 9.64 Å². The van der Waals surface area contributed by atoms with Gasteiger partial charge in [0, 0.05) is 11.1 Å². The first-order valence-electron chi connectivity index (χ1n) is 7.35. The van der Waals surface area contributed by atoms with E-state index in [1.165, 1.54) is 0 Å². The minimum absolute atomic E-state index is 0.116. The first-order valence-corrected chi connectivity index (χ1v) is 7.35. The van der Waals surface area contributed by atoms with Crippen LogP contribution in [0.5, 0.6) is 5.75 Å². The van der Waals surface area contributed by atoms with Gasteiger partial charge in [0.05, 0.1) is 18.3 Å². The Morgan fingerprint density at radius 1 is 1.48 bits per heavy atom. The number of ketones is 1. The number of nitrogens with zero attached hydrogens (tertiary/aromatic N) is 2. The molecule has 1 aromatic carbocycles. The lowest BCUT2D eigenvalue weighted by molar-refractivity contribution is 0.101. The van der Waals surface area contributed by atoms with Gasteiger partial charge >= 0.3 is 0 Å². The van der Waals surface area contributed by atoms with Crippen LogP contribution in [0.15, 0.2) is 12.1 Å². The van der Waals surface area contributed by atoms with Gasteiger partial charge in [0.15, 0.2) is 5.78 Å². The quantitative estimate of drug-likeness (QED) is 0.483. The zero-order valence-electron chi connectivity index (χ0n) is 13.2. The molecule has 0 spiro atoms. The Morgan fingerprint density at radius 2 is 2.19 bits per heavy atom. The zero-order chi connectivity index (χ0) is 15.6. The molecule has 0 unspecified atom stereocenters. The zero-order valence-corrected chi connectivity index (χ0v) is 13.2. The first-order chi connectivity index (χ1) is 9.88. The van der Waals surface area contributed by atoms with Gasteiger partial charge in [-0.3, -0.25) is 4.79 Å². The van der Waals surface area contributed by atoms with Crippen LogP contribution in [0.25, 0.3) is 0 Å². The molecule has 0 aromatic heterocycles. The molecule has 110 valence electrons. The van der Waals surface area contributed by atoms with Crippen molar-refractivity contribution >= 4 is 19.3 Å². The molecular weight excluding hydrogens is 263 g/mol. The van der Waals surface area contributed by atoms with Crippen LogP contribution in [0.2, 0.25) is 6.32 Å². The Morgan fingerprint density at radius 3 is 2.76 bits per heavy atom. The van der Waals surface area contributed by atoms with E-state index in [1.54, 1.807) is 0 Å². The molecule has 0 bridgehead atoms. The minimum Gasteiger partial charge on any atom is -0.489 e. The van der Waals surface area contributed by atoms with Crippen molar-refractivity contribution in [3.05, 3.63) is 23.3 Å². The molecule has 0 saturated carbocycles. The normalized spacial score (nSPS) is 14.1. The SMILES string of the molecule is BCC(=O)c1cc2c(c(C(C)(C)C)c1)OCCN2CC#N. The van der Waals surface area contributed by atoms with E-state index in [9.17, 15) is 4.79 Å². The molecule has 1 aliphatic rings. The number of fused-ring (bicyclic) bond motifs is 1. The highest BCUT2D eigenvalue weighted by atomic mass is 16.5. The molecule has 1 heterocycles. The van der Waals surface area contributed by atoms with Crippen LogP contribution in [0, 0.1) is 11.3 Å². The van der Waals surface area contributed by atoms with E-state index in [0.717, 1.165) is 17.0 Å². The molecule has 2 rings (SSSR count). The minimum atomic E-state index is -0.121. The summed E-state index contributed by atoms with van der Waals surface area (Å²) in [6.45, 7) is 7.87. The maximum Gasteiger partial charge on any atom is 0.155 e. The summed E-state index contributed by atoms with van der Waals surface area (Å²) in [4.78, 5) is 14.1. The summed E-state index contributed by atoms with van der Waals surface area (Å²) in [6.07, 6.45) is 0.474. The van der Waals surface area contributed by atoms with Crippen molar-refractivity contribution in [3.63, 3.8) is 0 Å². The number of Topliss-reactive ketones (excluding diaryl/α,β-unsaturated/α-hetero) is 1. The fourth-order valence-electron chi connectivity index (χ4n) is 2.55. The maximum absolute atomic E-state index is 12.1. The summed E-state index contributed by atoms with van der Waals surface area (Å²) < 4.78 is 5.86. The Bertz CT molecular complexity index is 600. The lowest BCUT2D eigenvalue weighted by atomic mass is 9.83. The molecule has 0 atom stereocenters. The van der Waals surface area contributed by atoms with Crippen LogP contribution in [-0.4, -0.2) is 33.3 Å². The third-order valence-electron chi connectivity index (χ3n) is 3.73. The molecule has 0 radical (unpaired) electrons. The van der Waals surface area contributed by atoms with Gasteiger partial charge in [-0.1, -0.05) is 20.8 Å². The van der Waals surface area contributed by atoms with Crippen molar-refractivity contribution in [2.75, 3.05) is 24.6 Å². The van der Waals surface area contributed by atoms with E-state index in [0.29, 0.717) is 31.6 Å². The number of ether oxygens (including phenoxy) is 1. The van der Waals surface area contributed by atoms with E-state index in [-0.39, 0.29) is 11.2 Å². The standard InChI is InChI=1S/C16H21BN2O2/c1-16(2,3)12-8-11(14(20)10-17)9-13-15(12)21-7-6-19(13)5-4-18/h8-9H,5-7,10,17H2,1-3H3. The lowest BCUT2D eigenvalue weighted by Gasteiger charge is -2.34. The average Bonchev–Trinajstić information content (AvgIpc) is 2.45. The molecule has 4 nitrogen and oxygen atoms in total. The Balaban J connectivity index is 2.64. The molecule has 1 aromatic rings. The first kappa shape index (κ1) is 15.4. The molecule has 1 aliphatic heterocycles. The molecule has 0 aliphatic carbocycles. The van der Waals surface area contributed by atoms with Crippen molar-refractivity contribution in [2.45, 2.75) is 32.5 Å². The largest absolute Gasteiger partial charge is 0.489 e. The predicted molar refractivity (Wildman–Crippen MR) is 86.1 cm³/mol. The number of rotatable bonds is 3. The van der Waals surface area contributed by atoms with Crippen molar-refractivity contribution in [1.82, 2.24) is 0 Å². The van der Waals surface area contributed by atoms with Gasteiger partial charge in [-0.2, -0.15) is 5.26 Å². The number of carbonyl (C=O) groups excluding carboxylic acids is 1. The molecule has 0 saturated heterocycles. The Labute approximate surface area is 127 Å². The molecular formula is C16H21BN2O2. The summed E-state index contributed by atoms with van der Waals surface area (Å²) in [6, 6.07) is 6.00. The number of hydrogen-bond acceptors (Lipinski definition) is 4. The highest BCUT2D eigenvalue weighted by molar-refractivity contribution is 6.24. The predicted octanol–water partition coefficient (Wildman–Crippen LogP) is 1.94. The highest BCUT2D eigenvalue weighted by Gasteiger charge is 2.28. The Hall–Kier alpha value is -1.96. The van der Waals surface area contributed by atoms with Gasteiger partial charge in [-0.15, -0.1) is 0 Å². The second kappa shape index (κ2) is 5.81. The smallest absolute Gasteiger partial charge is 0.155 e. The highest BCUT2D eigenvalue weighted by Crippen LogP contribution is 2.42. The number of hydrogen-bond donors (Lipinski definition) is 0. The summed E-state index contributed by atoms with van der Waals surface area (Å²) >= 11 is 0. The topological polar surface area (TPSA) is 53.3 Å². The molecule has 0 fully saturated rings. The second-order valence-electron chi connectivity index (χ2n) is 6.33. The van der Waals surface area contributed by atoms with Crippen LogP contribution >= 0.6 is 0 Å². The van der Waals surface area contributed by atoms with E-state index < -0.39 is 0 Å². The number of nitriles is 1. The fourth-order valence-corrected chi connectivity index (χ4v) is 2.55. The fraction of sp³-hybridized carbons (Fsp3) is 0.500. The van der Waals surface area contributed by atoms with Crippen molar-refractivity contribution in [3.8, 4) is 11.8 Å². The third-order valence-corrected chi connectivity index (χ3v) is 3.73. The Kier molecular flexibility index (Phi) is 4.27. The van der Waals surface area contributed by atoms with Crippen LogP contribution in [0.4, 0.5) is 5.69 Å². The van der Waals surface area contributed by atoms with Gasteiger partial charge in [-0.05, 0) is 23.9 Å². The van der Waals surface area contributed by atoms with Crippen LogP contribution in [-0.2, 0) is 5.41 Å². The number of benzene rings is 1. The molecule has 21 heavy (non-hydrogen) atoms. The molecule has 0 N–H and O–H groups in total. The van der Waals surface area contributed by atoms with Crippen LogP contribution in [0.3, 0.4) is 0 Å². The second-order valence-corrected chi connectivity index (χ2v) is 6.33. The van der Waals surface area contributed by atoms with E-state index in [4.69, 9.17) is 10.00 Å². The summed E-state index contributed by atoms with van der Waals surface area (Å²) in [7, 11) is 1.86. The van der Waals surface area contributed by atoms with E-state index in [1.807, 2.05) is 24.9 Å². The van der Waals surface area contributed by atoms with Gasteiger partial charge in [0.1, 0.15) is 26.7 Å². The van der Waals surface area contributed by atoms with E-state index in [2.05, 4.69) is 26.8 Å². The van der Waals surface area contributed by atoms with Gasteiger partial charge in [0.2, 0.25) is 0 Å². The third kappa shape index (κ3) is 3.05.